The number of aryl methyl sites for hydroxylation is 1. The first-order chi connectivity index (χ1) is 5.29. The van der Waals surface area contributed by atoms with E-state index in [9.17, 15) is 9.90 Å². The number of imidazole rings is 1. The molecular formula is C7H7LiN2O2. The van der Waals surface area contributed by atoms with E-state index in [1.165, 1.54) is 0 Å². The van der Waals surface area contributed by atoms with E-state index in [2.05, 4.69) is 4.98 Å². The van der Waals surface area contributed by atoms with Crippen molar-refractivity contribution in [3.05, 3.63) is 17.7 Å². The van der Waals surface area contributed by atoms with Crippen molar-refractivity contribution in [2.45, 2.75) is 19.4 Å². The van der Waals surface area contributed by atoms with E-state index in [1.54, 1.807) is 10.8 Å². The minimum atomic E-state index is -1.18. The van der Waals surface area contributed by atoms with Crippen molar-refractivity contribution in [2.75, 3.05) is 0 Å². The van der Waals surface area contributed by atoms with Crippen LogP contribution in [-0.2, 0) is 13.0 Å². The smallest absolute Gasteiger partial charge is 0.542 e. The number of hydrogen-bond acceptors (Lipinski definition) is 3. The number of aromatic carboxylic acids is 1. The normalized spacial score (nSPS) is 13.7. The molecule has 0 atom stereocenters. The number of hydrogen-bond donors (Lipinski definition) is 0. The fraction of sp³-hybridized carbons (Fsp3) is 0.429. The number of fused-ring (bicyclic) bond motifs is 1. The zero-order valence-electron chi connectivity index (χ0n) is 6.91. The Morgan fingerprint density at radius 1 is 1.67 bits per heavy atom. The Hall–Kier alpha value is -0.723. The van der Waals surface area contributed by atoms with Crippen LogP contribution in [0.5, 0.6) is 0 Å². The Labute approximate surface area is 81.8 Å². The number of carboxylic acids is 1. The number of aromatic nitrogens is 2. The number of carbonyl (C=O) groups excluding carboxylic acids is 1. The van der Waals surface area contributed by atoms with Crippen LogP contribution in [0.1, 0.15) is 22.7 Å². The van der Waals surface area contributed by atoms with Gasteiger partial charge in [-0.15, -0.1) is 0 Å². The average Bonchev–Trinajstić information content (AvgIpc) is 2.41. The van der Waals surface area contributed by atoms with Crippen molar-refractivity contribution in [3.8, 4) is 0 Å². The number of nitrogens with zero attached hydrogens (tertiary/aromatic N) is 2. The van der Waals surface area contributed by atoms with Crippen LogP contribution in [0.2, 0.25) is 0 Å². The summed E-state index contributed by atoms with van der Waals surface area (Å²) in [6, 6.07) is 0. The molecule has 1 aliphatic rings. The van der Waals surface area contributed by atoms with Crippen molar-refractivity contribution in [3.63, 3.8) is 0 Å². The van der Waals surface area contributed by atoms with Crippen LogP contribution in [0.25, 0.3) is 0 Å². The fourth-order valence-electron chi connectivity index (χ4n) is 1.44. The van der Waals surface area contributed by atoms with Gasteiger partial charge in [-0.05, 0) is 12.8 Å². The van der Waals surface area contributed by atoms with Gasteiger partial charge in [0.25, 0.3) is 0 Å². The van der Waals surface area contributed by atoms with Crippen LogP contribution in [0.3, 0.4) is 0 Å². The molecular weight excluding hydrogens is 151 g/mol. The topological polar surface area (TPSA) is 57.9 Å². The summed E-state index contributed by atoms with van der Waals surface area (Å²) in [5.41, 5.74) is 1.00. The molecule has 2 heterocycles. The molecule has 0 spiro atoms. The molecule has 0 saturated heterocycles. The Morgan fingerprint density at radius 2 is 2.42 bits per heavy atom. The summed E-state index contributed by atoms with van der Waals surface area (Å²) in [5.74, 6) is -1.12. The molecule has 0 amide bonds. The molecule has 0 aromatic carbocycles. The molecule has 1 aromatic heterocycles. The molecule has 1 aromatic rings. The van der Waals surface area contributed by atoms with Gasteiger partial charge in [0.1, 0.15) is 5.97 Å². The summed E-state index contributed by atoms with van der Waals surface area (Å²) in [6.45, 7) is 0.763. The van der Waals surface area contributed by atoms with Gasteiger partial charge in [-0.25, -0.2) is 4.98 Å². The Kier molecular flexibility index (Phi) is 2.61. The molecule has 2 rings (SSSR count). The van der Waals surface area contributed by atoms with E-state index in [4.69, 9.17) is 0 Å². The van der Waals surface area contributed by atoms with Gasteiger partial charge < -0.3 is 14.5 Å². The van der Waals surface area contributed by atoms with E-state index in [0.29, 0.717) is 0 Å². The van der Waals surface area contributed by atoms with Crippen molar-refractivity contribution in [2.24, 2.45) is 0 Å². The van der Waals surface area contributed by atoms with Gasteiger partial charge >= 0.3 is 18.9 Å². The second-order valence-electron chi connectivity index (χ2n) is 2.62. The number of rotatable bonds is 1. The van der Waals surface area contributed by atoms with Crippen molar-refractivity contribution in [1.82, 2.24) is 9.55 Å². The maximum Gasteiger partial charge on any atom is 1.00 e. The minimum absolute atomic E-state index is 0. The third-order valence-electron chi connectivity index (χ3n) is 1.94. The molecule has 0 N–H and O–H groups in total. The Bertz CT molecular complexity index is 308. The van der Waals surface area contributed by atoms with Gasteiger partial charge in [0.2, 0.25) is 0 Å². The van der Waals surface area contributed by atoms with Crippen LogP contribution < -0.4 is 24.0 Å². The maximum atomic E-state index is 10.4. The minimum Gasteiger partial charge on any atom is -0.542 e. The monoisotopic (exact) mass is 158 g/mol. The third kappa shape index (κ3) is 1.28. The number of carbonyl (C=O) groups is 1. The molecule has 4 nitrogen and oxygen atoms in total. The van der Waals surface area contributed by atoms with E-state index >= 15 is 0 Å². The first-order valence-corrected chi connectivity index (χ1v) is 3.55. The summed E-state index contributed by atoms with van der Waals surface area (Å²) in [5, 5.41) is 10.4. The molecule has 0 radical (unpaired) electrons. The molecule has 1 aliphatic heterocycles. The molecule has 0 fully saturated rings. The zero-order chi connectivity index (χ0) is 7.84. The van der Waals surface area contributed by atoms with E-state index < -0.39 is 5.97 Å². The Morgan fingerprint density at radius 3 is 3.08 bits per heavy atom. The summed E-state index contributed by atoms with van der Waals surface area (Å²) in [6.07, 6.45) is 3.55. The van der Waals surface area contributed by atoms with Crippen LogP contribution >= 0.6 is 0 Å². The fourth-order valence-corrected chi connectivity index (χ4v) is 1.44. The molecule has 58 valence electrons. The molecule has 5 heteroatoms. The van der Waals surface area contributed by atoms with Crippen molar-refractivity contribution >= 4 is 5.97 Å². The molecule has 0 saturated carbocycles. The van der Waals surface area contributed by atoms with Gasteiger partial charge in [0, 0.05) is 18.4 Å². The van der Waals surface area contributed by atoms with Crippen molar-refractivity contribution < 1.29 is 28.8 Å². The van der Waals surface area contributed by atoms with Crippen LogP contribution in [0.15, 0.2) is 6.20 Å². The average molecular weight is 158 g/mol. The molecule has 0 unspecified atom stereocenters. The third-order valence-corrected chi connectivity index (χ3v) is 1.94. The molecule has 0 aliphatic carbocycles. The summed E-state index contributed by atoms with van der Waals surface area (Å²) in [7, 11) is 0. The zero-order valence-corrected chi connectivity index (χ0v) is 6.91. The van der Waals surface area contributed by atoms with Crippen LogP contribution in [0, 0.1) is 0 Å². The maximum absolute atomic E-state index is 10.4. The molecule has 0 bridgehead atoms. The first kappa shape index (κ1) is 9.37. The van der Waals surface area contributed by atoms with E-state index in [-0.39, 0.29) is 24.7 Å². The number of carboxylic acid groups (broad SMARTS) is 1. The second-order valence-corrected chi connectivity index (χ2v) is 2.62. The summed E-state index contributed by atoms with van der Waals surface area (Å²) in [4.78, 5) is 14.2. The quantitative estimate of drug-likeness (QED) is 0.394. The van der Waals surface area contributed by atoms with Gasteiger partial charge in [-0.2, -0.15) is 0 Å². The van der Waals surface area contributed by atoms with Gasteiger partial charge in [0.05, 0.1) is 0 Å². The van der Waals surface area contributed by atoms with Gasteiger partial charge in [0.15, 0.2) is 5.82 Å². The first-order valence-electron chi connectivity index (χ1n) is 3.55. The van der Waals surface area contributed by atoms with Gasteiger partial charge in [-0.1, -0.05) is 0 Å². The molecule has 12 heavy (non-hydrogen) atoms. The van der Waals surface area contributed by atoms with E-state index in [1.807, 2.05) is 0 Å². The van der Waals surface area contributed by atoms with Crippen LogP contribution in [-0.4, -0.2) is 15.5 Å². The largest absolute Gasteiger partial charge is 1.00 e. The Balaban J connectivity index is 0.000000720. The van der Waals surface area contributed by atoms with Crippen molar-refractivity contribution in [1.29, 1.82) is 0 Å². The predicted octanol–water partition coefficient (Wildman–Crippen LogP) is -3.80. The second kappa shape index (κ2) is 3.34. The van der Waals surface area contributed by atoms with E-state index in [0.717, 1.165) is 25.1 Å². The summed E-state index contributed by atoms with van der Waals surface area (Å²) >= 11 is 0. The predicted molar refractivity (Wildman–Crippen MR) is 34.9 cm³/mol. The SMILES string of the molecule is O=C([O-])c1ncc2n1CCC2.[Li+]. The van der Waals surface area contributed by atoms with Crippen LogP contribution in [0.4, 0.5) is 0 Å². The summed E-state index contributed by atoms with van der Waals surface area (Å²) < 4.78 is 1.70. The standard InChI is InChI=1S/C7H8N2O2.Li/c10-7(11)6-8-4-5-2-1-3-9(5)6;/h4H,1-3H2,(H,10,11);/q;+1/p-1. The van der Waals surface area contributed by atoms with Gasteiger partial charge in [-0.3, -0.25) is 0 Å².